The molecule has 3 heteroatoms. The molecule has 0 aliphatic carbocycles. The number of hydrogen-bond acceptors (Lipinski definition) is 3. The Morgan fingerprint density at radius 3 is 2.88 bits per heavy atom. The van der Waals surface area contributed by atoms with E-state index in [0.717, 1.165) is 18.0 Å². The van der Waals surface area contributed by atoms with Crippen molar-refractivity contribution in [2.75, 3.05) is 19.4 Å². The summed E-state index contributed by atoms with van der Waals surface area (Å²) in [5.41, 5.74) is 7.90. The van der Waals surface area contributed by atoms with Crippen LogP contribution in [0.5, 0.6) is 5.75 Å². The van der Waals surface area contributed by atoms with Crippen LogP contribution in [0, 0.1) is 0 Å². The van der Waals surface area contributed by atoms with Gasteiger partial charge in [0.05, 0.1) is 7.11 Å². The standard InChI is InChI=1S/C14H22N2O/c1-11-5-3-4-6-16(11)10-12-7-13(15)9-14(8-12)17-2/h7-9,11H,3-6,10,15H2,1-2H3. The Hall–Kier alpha value is -1.22. The van der Waals surface area contributed by atoms with Crippen molar-refractivity contribution in [2.24, 2.45) is 0 Å². The molecule has 1 aliphatic rings. The molecule has 2 N–H and O–H groups in total. The Kier molecular flexibility index (Phi) is 3.89. The van der Waals surface area contributed by atoms with Crippen LogP contribution in [0.2, 0.25) is 0 Å². The molecule has 1 unspecified atom stereocenters. The summed E-state index contributed by atoms with van der Waals surface area (Å²) >= 11 is 0. The molecule has 1 heterocycles. The molecule has 17 heavy (non-hydrogen) atoms. The summed E-state index contributed by atoms with van der Waals surface area (Å²) in [6.07, 6.45) is 3.97. The zero-order valence-electron chi connectivity index (χ0n) is 10.8. The molecule has 1 aromatic carbocycles. The predicted octanol–water partition coefficient (Wildman–Crippen LogP) is 2.65. The maximum absolute atomic E-state index is 5.88. The first-order valence-electron chi connectivity index (χ1n) is 6.36. The number of nitrogen functional groups attached to an aromatic ring is 1. The number of likely N-dealkylation sites (tertiary alicyclic amines) is 1. The van der Waals surface area contributed by atoms with E-state index in [1.54, 1.807) is 7.11 Å². The van der Waals surface area contributed by atoms with E-state index in [2.05, 4.69) is 17.9 Å². The van der Waals surface area contributed by atoms with E-state index in [1.807, 2.05) is 12.1 Å². The summed E-state index contributed by atoms with van der Waals surface area (Å²) in [6, 6.07) is 6.67. The van der Waals surface area contributed by atoms with Crippen LogP contribution in [-0.2, 0) is 6.54 Å². The van der Waals surface area contributed by atoms with E-state index in [9.17, 15) is 0 Å². The minimum atomic E-state index is 0.677. The van der Waals surface area contributed by atoms with Crippen molar-refractivity contribution >= 4 is 5.69 Å². The maximum atomic E-state index is 5.88. The molecule has 1 fully saturated rings. The summed E-state index contributed by atoms with van der Waals surface area (Å²) in [7, 11) is 1.68. The lowest BCUT2D eigenvalue weighted by Gasteiger charge is -2.33. The number of methoxy groups -OCH3 is 1. The second-order valence-electron chi connectivity index (χ2n) is 4.93. The number of benzene rings is 1. The van der Waals surface area contributed by atoms with Crippen molar-refractivity contribution < 1.29 is 4.74 Å². The molecule has 0 amide bonds. The smallest absolute Gasteiger partial charge is 0.121 e. The normalized spacial score (nSPS) is 21.4. The van der Waals surface area contributed by atoms with Crippen LogP contribution in [0.3, 0.4) is 0 Å². The zero-order chi connectivity index (χ0) is 12.3. The second-order valence-corrected chi connectivity index (χ2v) is 4.93. The fraction of sp³-hybridized carbons (Fsp3) is 0.571. The molecule has 1 atom stereocenters. The molecule has 2 rings (SSSR count). The third-order valence-corrected chi connectivity index (χ3v) is 3.55. The molecule has 94 valence electrons. The van der Waals surface area contributed by atoms with Crippen LogP contribution < -0.4 is 10.5 Å². The monoisotopic (exact) mass is 234 g/mol. The predicted molar refractivity (Wildman–Crippen MR) is 71.1 cm³/mol. The highest BCUT2D eigenvalue weighted by Crippen LogP contribution is 2.23. The third-order valence-electron chi connectivity index (χ3n) is 3.55. The van der Waals surface area contributed by atoms with Gasteiger partial charge in [0.25, 0.3) is 0 Å². The van der Waals surface area contributed by atoms with E-state index in [0.29, 0.717) is 6.04 Å². The number of ether oxygens (including phenoxy) is 1. The van der Waals surface area contributed by atoms with Crippen molar-refractivity contribution in [3.63, 3.8) is 0 Å². The number of hydrogen-bond donors (Lipinski definition) is 1. The Morgan fingerprint density at radius 1 is 1.35 bits per heavy atom. The van der Waals surface area contributed by atoms with Crippen LogP contribution in [0.25, 0.3) is 0 Å². The van der Waals surface area contributed by atoms with Gasteiger partial charge in [-0.3, -0.25) is 4.90 Å². The molecule has 1 aliphatic heterocycles. The number of piperidine rings is 1. The van der Waals surface area contributed by atoms with Crippen molar-refractivity contribution in [3.05, 3.63) is 23.8 Å². The first-order chi connectivity index (χ1) is 8.19. The van der Waals surface area contributed by atoms with Crippen molar-refractivity contribution in [1.82, 2.24) is 4.90 Å². The lowest BCUT2D eigenvalue weighted by molar-refractivity contribution is 0.152. The van der Waals surface area contributed by atoms with Gasteiger partial charge in [-0.2, -0.15) is 0 Å². The van der Waals surface area contributed by atoms with Crippen LogP contribution in [0.15, 0.2) is 18.2 Å². The molecular formula is C14H22N2O. The first kappa shape index (κ1) is 12.2. The first-order valence-corrected chi connectivity index (χ1v) is 6.36. The number of rotatable bonds is 3. The Morgan fingerprint density at radius 2 is 2.18 bits per heavy atom. The van der Waals surface area contributed by atoms with Gasteiger partial charge < -0.3 is 10.5 Å². The van der Waals surface area contributed by atoms with E-state index in [1.165, 1.54) is 31.4 Å². The quantitative estimate of drug-likeness (QED) is 0.817. The average Bonchev–Trinajstić information content (AvgIpc) is 2.31. The van der Waals surface area contributed by atoms with Crippen LogP contribution in [0.1, 0.15) is 31.7 Å². The van der Waals surface area contributed by atoms with Gasteiger partial charge >= 0.3 is 0 Å². The molecule has 0 radical (unpaired) electrons. The van der Waals surface area contributed by atoms with Gasteiger partial charge in [-0.05, 0) is 44.0 Å². The summed E-state index contributed by atoms with van der Waals surface area (Å²) in [6.45, 7) is 4.48. The van der Waals surface area contributed by atoms with Gasteiger partial charge in [0, 0.05) is 24.3 Å². The lowest BCUT2D eigenvalue weighted by atomic mass is 10.0. The molecule has 0 spiro atoms. The van der Waals surface area contributed by atoms with Crippen molar-refractivity contribution in [3.8, 4) is 5.75 Å². The van der Waals surface area contributed by atoms with Crippen LogP contribution in [0.4, 0.5) is 5.69 Å². The fourth-order valence-electron chi connectivity index (χ4n) is 2.52. The second kappa shape index (κ2) is 5.41. The Labute approximate surface area is 104 Å². The van der Waals surface area contributed by atoms with E-state index in [4.69, 9.17) is 10.5 Å². The molecule has 1 saturated heterocycles. The highest BCUT2D eigenvalue weighted by Gasteiger charge is 2.18. The van der Waals surface area contributed by atoms with E-state index in [-0.39, 0.29) is 0 Å². The zero-order valence-corrected chi connectivity index (χ0v) is 10.8. The maximum Gasteiger partial charge on any atom is 0.121 e. The minimum Gasteiger partial charge on any atom is -0.497 e. The van der Waals surface area contributed by atoms with Gasteiger partial charge in [-0.1, -0.05) is 6.42 Å². The van der Waals surface area contributed by atoms with Crippen molar-refractivity contribution in [2.45, 2.75) is 38.8 Å². The van der Waals surface area contributed by atoms with E-state index >= 15 is 0 Å². The molecule has 0 bridgehead atoms. The van der Waals surface area contributed by atoms with E-state index < -0.39 is 0 Å². The summed E-state index contributed by atoms with van der Waals surface area (Å²) in [4.78, 5) is 2.53. The SMILES string of the molecule is COc1cc(N)cc(CN2CCCCC2C)c1. The average molecular weight is 234 g/mol. The lowest BCUT2D eigenvalue weighted by Crippen LogP contribution is -2.36. The molecule has 0 saturated carbocycles. The topological polar surface area (TPSA) is 38.5 Å². The number of nitrogens with zero attached hydrogens (tertiary/aromatic N) is 1. The molecule has 0 aromatic heterocycles. The van der Waals surface area contributed by atoms with Gasteiger partial charge in [0.1, 0.15) is 5.75 Å². The Bertz CT molecular complexity index is 378. The number of anilines is 1. The summed E-state index contributed by atoms with van der Waals surface area (Å²) in [5.74, 6) is 0.852. The highest BCUT2D eigenvalue weighted by molar-refractivity contribution is 5.47. The van der Waals surface area contributed by atoms with Crippen LogP contribution >= 0.6 is 0 Å². The van der Waals surface area contributed by atoms with Crippen LogP contribution in [-0.4, -0.2) is 24.6 Å². The summed E-state index contributed by atoms with van der Waals surface area (Å²) < 4.78 is 5.25. The highest BCUT2D eigenvalue weighted by atomic mass is 16.5. The largest absolute Gasteiger partial charge is 0.497 e. The minimum absolute atomic E-state index is 0.677. The van der Waals surface area contributed by atoms with Gasteiger partial charge in [-0.25, -0.2) is 0 Å². The molecule has 3 nitrogen and oxygen atoms in total. The third kappa shape index (κ3) is 3.13. The van der Waals surface area contributed by atoms with Gasteiger partial charge in [0.2, 0.25) is 0 Å². The summed E-state index contributed by atoms with van der Waals surface area (Å²) in [5, 5.41) is 0. The van der Waals surface area contributed by atoms with Gasteiger partial charge in [-0.15, -0.1) is 0 Å². The molecule has 1 aromatic rings. The van der Waals surface area contributed by atoms with Crippen molar-refractivity contribution in [1.29, 1.82) is 0 Å². The Balaban J connectivity index is 2.09. The molecular weight excluding hydrogens is 212 g/mol. The number of nitrogens with two attached hydrogens (primary N) is 1. The fourth-order valence-corrected chi connectivity index (χ4v) is 2.52. The van der Waals surface area contributed by atoms with Gasteiger partial charge in [0.15, 0.2) is 0 Å².